The van der Waals surface area contributed by atoms with Crippen LogP contribution in [0.15, 0.2) is 23.8 Å². The molecule has 0 bridgehead atoms. The first kappa shape index (κ1) is 31.4. The van der Waals surface area contributed by atoms with Gasteiger partial charge in [-0.25, -0.2) is 4.79 Å². The highest BCUT2D eigenvalue weighted by molar-refractivity contribution is 6.01. The van der Waals surface area contributed by atoms with Crippen molar-refractivity contribution in [1.82, 2.24) is 0 Å². The molecule has 0 aromatic rings. The molecule has 0 amide bonds. The average Bonchev–Trinajstić information content (AvgIpc) is 3.17. The third-order valence-electron chi connectivity index (χ3n) is 9.16. The summed E-state index contributed by atoms with van der Waals surface area (Å²) < 4.78 is 23.9. The summed E-state index contributed by atoms with van der Waals surface area (Å²) in [5, 5.41) is 11.5. The number of aliphatic hydroxyl groups excluding tert-OH is 1. The van der Waals surface area contributed by atoms with Crippen LogP contribution in [0.1, 0.15) is 73.1 Å². The molecule has 0 spiro atoms. The highest BCUT2D eigenvalue weighted by Crippen LogP contribution is 2.68. The van der Waals surface area contributed by atoms with E-state index in [1.807, 2.05) is 20.8 Å². The number of ketones is 2. The van der Waals surface area contributed by atoms with Crippen LogP contribution in [0.25, 0.3) is 0 Å². The topological polar surface area (TPSA) is 133 Å². The number of hydrogen-bond donors (Lipinski definition) is 2. The second-order valence-electron chi connectivity index (χ2n) is 10.7. The lowest BCUT2D eigenvalue weighted by Gasteiger charge is -2.64. The van der Waals surface area contributed by atoms with Gasteiger partial charge in [0.05, 0.1) is 6.10 Å². The maximum absolute atomic E-state index is 13.7. The van der Waals surface area contributed by atoms with Gasteiger partial charge >= 0.3 is 12.2 Å². The Hall–Kier alpha value is -2.83. The van der Waals surface area contributed by atoms with Gasteiger partial charge < -0.3 is 20.3 Å². The zero-order valence-corrected chi connectivity index (χ0v) is 22.9. The Morgan fingerprint density at radius 3 is 2.42 bits per heavy atom. The third kappa shape index (κ3) is 4.73. The van der Waals surface area contributed by atoms with E-state index in [0.29, 0.717) is 19.3 Å². The molecular formula is C29H40FNO7. The normalized spacial score (nSPS) is 38.4. The number of ether oxygens (including phenoxy) is 2. The highest BCUT2D eigenvalue weighted by Gasteiger charge is 2.74. The van der Waals surface area contributed by atoms with Crippen molar-refractivity contribution < 1.29 is 38.1 Å². The summed E-state index contributed by atoms with van der Waals surface area (Å²) in [4.78, 5) is 48.6. The number of allylic oxidation sites excluding steroid dienone is 4. The van der Waals surface area contributed by atoms with Gasteiger partial charge in [-0.15, -0.1) is 17.2 Å². The van der Waals surface area contributed by atoms with Gasteiger partial charge in [-0.1, -0.05) is 46.3 Å². The lowest BCUT2D eigenvalue weighted by Crippen LogP contribution is -2.72. The van der Waals surface area contributed by atoms with E-state index in [1.54, 1.807) is 26.0 Å². The fourth-order valence-corrected chi connectivity index (χ4v) is 7.73. The van der Waals surface area contributed by atoms with Crippen molar-refractivity contribution in [2.45, 2.75) is 90.4 Å². The fourth-order valence-electron chi connectivity index (χ4n) is 7.73. The number of rotatable bonds is 5. The summed E-state index contributed by atoms with van der Waals surface area (Å²) >= 11 is 0. The monoisotopic (exact) mass is 533 g/mol. The second-order valence-corrected chi connectivity index (χ2v) is 10.7. The van der Waals surface area contributed by atoms with Crippen molar-refractivity contribution in [1.29, 1.82) is 0 Å². The number of aliphatic hydroxyl groups is 1. The zero-order valence-electron chi connectivity index (χ0n) is 22.9. The van der Waals surface area contributed by atoms with Crippen LogP contribution in [-0.4, -0.2) is 52.7 Å². The summed E-state index contributed by atoms with van der Waals surface area (Å²) in [5.74, 6) is -2.26. The number of halogens is 1. The second kappa shape index (κ2) is 11.5. The molecule has 0 radical (unpaired) electrons. The first-order valence-corrected chi connectivity index (χ1v) is 13.2. The maximum atomic E-state index is 13.7. The Kier molecular flexibility index (Phi) is 9.50. The van der Waals surface area contributed by atoms with Crippen molar-refractivity contribution in [2.24, 2.45) is 28.4 Å². The van der Waals surface area contributed by atoms with Crippen LogP contribution in [0.3, 0.4) is 0 Å². The van der Waals surface area contributed by atoms with Crippen LogP contribution >= 0.6 is 0 Å². The summed E-state index contributed by atoms with van der Waals surface area (Å²) in [6.07, 6.45) is 11.3. The van der Waals surface area contributed by atoms with Crippen molar-refractivity contribution in [3.05, 3.63) is 23.8 Å². The van der Waals surface area contributed by atoms with Gasteiger partial charge in [0.1, 0.15) is 0 Å². The maximum Gasteiger partial charge on any atom is 0.496 e. The van der Waals surface area contributed by atoms with Crippen LogP contribution in [0.5, 0.6) is 0 Å². The molecule has 0 aromatic heterocycles. The molecule has 3 N–H and O–H groups in total. The predicted octanol–water partition coefficient (Wildman–Crippen LogP) is 3.99. The van der Waals surface area contributed by atoms with Crippen molar-refractivity contribution >= 4 is 23.8 Å². The van der Waals surface area contributed by atoms with E-state index >= 15 is 0 Å². The van der Waals surface area contributed by atoms with Gasteiger partial charge in [-0.3, -0.25) is 14.4 Å². The fraction of sp³-hybridized carbons (Fsp3) is 0.655. The van der Waals surface area contributed by atoms with Crippen LogP contribution < -0.4 is 5.73 Å². The van der Waals surface area contributed by atoms with E-state index in [9.17, 15) is 28.7 Å². The molecule has 38 heavy (non-hydrogen) atoms. The minimum atomic E-state index is -2.10. The van der Waals surface area contributed by atoms with Crippen LogP contribution in [0.2, 0.25) is 0 Å². The predicted molar refractivity (Wildman–Crippen MR) is 139 cm³/mol. The molecule has 4 aliphatic rings. The van der Waals surface area contributed by atoms with Crippen molar-refractivity contribution in [3.8, 4) is 12.8 Å². The number of esters is 1. The van der Waals surface area contributed by atoms with Gasteiger partial charge in [0, 0.05) is 28.7 Å². The van der Waals surface area contributed by atoms with E-state index in [0.717, 1.165) is 5.57 Å². The number of fused-ring (bicyclic) bond motifs is 5. The molecule has 0 saturated heterocycles. The number of hydrogen-bond acceptors (Lipinski definition) is 8. The number of carbonyl (C=O) groups excluding carboxylic acids is 4. The van der Waals surface area contributed by atoms with Gasteiger partial charge in [-0.05, 0) is 50.2 Å². The number of Topliss-reactive ketones (excluding diaryl/α,β-unsaturated/α-hetero) is 1. The van der Waals surface area contributed by atoms with E-state index in [1.165, 1.54) is 6.08 Å². The molecule has 4 aliphatic carbocycles. The number of nitrogens with two attached hydrogens (primary N) is 1. The molecule has 7 atom stereocenters. The summed E-state index contributed by atoms with van der Waals surface area (Å²) in [5.41, 5.74) is 3.32. The number of carbonyl (C=O) groups is 4. The largest absolute Gasteiger partial charge is 0.496 e. The highest BCUT2D eigenvalue weighted by atomic mass is 19.1. The minimum Gasteiger partial charge on any atom is -0.457 e. The van der Waals surface area contributed by atoms with Gasteiger partial charge in [0.2, 0.25) is 5.78 Å². The van der Waals surface area contributed by atoms with E-state index < -0.39 is 58.6 Å². The summed E-state index contributed by atoms with van der Waals surface area (Å²) in [6.45, 7) is 8.58. The van der Waals surface area contributed by atoms with Gasteiger partial charge in [-0.2, -0.15) is 0 Å². The first-order valence-electron chi connectivity index (χ1n) is 13.2. The molecule has 4 rings (SSSR count). The third-order valence-corrected chi connectivity index (χ3v) is 9.16. The van der Waals surface area contributed by atoms with E-state index in [4.69, 9.17) is 15.2 Å². The quantitative estimate of drug-likeness (QED) is 0.308. The van der Waals surface area contributed by atoms with Crippen molar-refractivity contribution in [2.75, 3.05) is 6.61 Å². The average molecular weight is 534 g/mol. The smallest absolute Gasteiger partial charge is 0.457 e. The summed E-state index contributed by atoms with van der Waals surface area (Å²) in [7, 11) is 0. The molecule has 3 fully saturated rings. The molecule has 0 heterocycles. The van der Waals surface area contributed by atoms with Crippen LogP contribution in [0.4, 0.5) is 9.18 Å². The van der Waals surface area contributed by atoms with Crippen LogP contribution in [0, 0.1) is 35.5 Å². The molecule has 3 saturated carbocycles. The number of terminal acetylenes is 1. The standard InChI is InChI=1S/C25H32FNO7.C2H6.C2H2/c1-4-19(31)33-13-18(30)25(34-21(26)32)10-7-17-23(25,3)12-16(29)20-22(2)8-6-15(28)11-14(22)5-9-24(17,20)27;2*1-2/h6,8,11,16-17,20,29H,4-5,7,9-10,12-13,27H2,1-3H3;1-2H3;1-2H/t16?,17?,20?,22?,23?,24?,25-;;/m0../s1. The Morgan fingerprint density at radius 2 is 1.84 bits per heavy atom. The molecule has 210 valence electrons. The molecule has 0 aliphatic heterocycles. The lowest BCUT2D eigenvalue weighted by molar-refractivity contribution is -0.187. The first-order chi connectivity index (χ1) is 17.8. The zero-order chi connectivity index (χ0) is 29.1. The molecule has 9 heteroatoms. The Balaban J connectivity index is 0.00000121. The Labute approximate surface area is 224 Å². The molecule has 6 unspecified atom stereocenters. The SMILES string of the molecule is C#C.CC.CCC(=O)OCC(=O)[C@@]1(OC(=O)F)CCC2C3(N)CCC4=CC(=O)C=CC4(C)C3C(O)CC21C. The van der Waals surface area contributed by atoms with Crippen molar-refractivity contribution in [3.63, 3.8) is 0 Å². The Morgan fingerprint density at radius 1 is 1.21 bits per heavy atom. The molecule has 0 aromatic carbocycles. The molecule has 8 nitrogen and oxygen atoms in total. The van der Waals surface area contributed by atoms with Crippen LogP contribution in [-0.2, 0) is 23.9 Å². The lowest BCUT2D eigenvalue weighted by atomic mass is 9.43. The Bertz CT molecular complexity index is 1050. The van der Waals surface area contributed by atoms with Gasteiger partial charge in [0.25, 0.3) is 0 Å². The van der Waals surface area contributed by atoms with E-state index in [-0.39, 0.29) is 31.0 Å². The summed E-state index contributed by atoms with van der Waals surface area (Å²) in [6, 6.07) is 0. The van der Waals surface area contributed by atoms with Gasteiger partial charge in [0.15, 0.2) is 18.0 Å². The molecular weight excluding hydrogens is 493 g/mol. The minimum absolute atomic E-state index is 0.0124. The van der Waals surface area contributed by atoms with E-state index in [2.05, 4.69) is 12.8 Å².